The summed E-state index contributed by atoms with van der Waals surface area (Å²) in [7, 11) is -4.40. The van der Waals surface area contributed by atoms with Crippen molar-refractivity contribution in [1.29, 1.82) is 5.26 Å². The standard InChI is InChI=1S/C11H9F5N2O2S/c1-2-18(4-3-17)21(19,20)5-6-7(12)9(14)11(16)10(15)8(6)13/h2,4-5H2,1H3. The molecule has 10 heteroatoms. The summed E-state index contributed by atoms with van der Waals surface area (Å²) in [6, 6.07) is 1.52. The molecule has 0 atom stereocenters. The molecule has 0 heterocycles. The van der Waals surface area contributed by atoms with Gasteiger partial charge in [-0.3, -0.25) is 0 Å². The molecule has 0 aliphatic heterocycles. The van der Waals surface area contributed by atoms with Gasteiger partial charge < -0.3 is 0 Å². The fourth-order valence-electron chi connectivity index (χ4n) is 1.54. The third-order valence-electron chi connectivity index (χ3n) is 2.62. The lowest BCUT2D eigenvalue weighted by Gasteiger charge is -2.17. The topological polar surface area (TPSA) is 61.2 Å². The average molecular weight is 328 g/mol. The Balaban J connectivity index is 3.35. The molecule has 0 amide bonds. The lowest BCUT2D eigenvalue weighted by Crippen LogP contribution is -2.33. The molecule has 116 valence electrons. The van der Waals surface area contributed by atoms with Crippen LogP contribution in [0.25, 0.3) is 0 Å². The second-order valence-electron chi connectivity index (χ2n) is 3.89. The van der Waals surface area contributed by atoms with Gasteiger partial charge >= 0.3 is 0 Å². The lowest BCUT2D eigenvalue weighted by molar-refractivity contribution is 0.371. The van der Waals surface area contributed by atoms with Gasteiger partial charge in [0.05, 0.1) is 11.8 Å². The Kier molecular flexibility index (Phi) is 5.25. The summed E-state index contributed by atoms with van der Waals surface area (Å²) in [6.45, 7) is 0.562. The van der Waals surface area contributed by atoms with Crippen molar-refractivity contribution in [1.82, 2.24) is 4.31 Å². The van der Waals surface area contributed by atoms with Crippen LogP contribution in [0, 0.1) is 40.4 Å². The SMILES string of the molecule is CCN(CC#N)S(=O)(=O)Cc1c(F)c(F)c(F)c(F)c1F. The zero-order valence-corrected chi connectivity index (χ0v) is 11.4. The highest BCUT2D eigenvalue weighted by atomic mass is 32.2. The molecule has 0 bridgehead atoms. The minimum absolute atomic E-state index is 0.189. The maximum atomic E-state index is 13.4. The van der Waals surface area contributed by atoms with Crippen LogP contribution in [-0.2, 0) is 15.8 Å². The molecular formula is C11H9F5N2O2S. The highest BCUT2D eigenvalue weighted by Crippen LogP contribution is 2.25. The molecular weight excluding hydrogens is 319 g/mol. The molecule has 0 aliphatic carbocycles. The van der Waals surface area contributed by atoms with Crippen molar-refractivity contribution in [2.75, 3.05) is 13.1 Å². The van der Waals surface area contributed by atoms with Crippen molar-refractivity contribution < 1.29 is 30.4 Å². The number of nitriles is 1. The van der Waals surface area contributed by atoms with Crippen LogP contribution in [-0.4, -0.2) is 25.8 Å². The third kappa shape index (κ3) is 3.30. The summed E-state index contributed by atoms with van der Waals surface area (Å²) in [6.07, 6.45) is 0. The van der Waals surface area contributed by atoms with E-state index >= 15 is 0 Å². The summed E-state index contributed by atoms with van der Waals surface area (Å²) in [5, 5.41) is 8.46. The largest absolute Gasteiger partial charge is 0.219 e. The molecule has 0 spiro atoms. The summed E-state index contributed by atoms with van der Waals surface area (Å²) < 4.78 is 89.9. The second-order valence-corrected chi connectivity index (χ2v) is 5.86. The van der Waals surface area contributed by atoms with E-state index in [-0.39, 0.29) is 6.54 Å². The first-order chi connectivity index (χ1) is 9.67. The van der Waals surface area contributed by atoms with Gasteiger partial charge in [0.15, 0.2) is 23.3 Å². The van der Waals surface area contributed by atoms with Gasteiger partial charge in [-0.1, -0.05) is 6.92 Å². The van der Waals surface area contributed by atoms with Crippen molar-refractivity contribution in [2.45, 2.75) is 12.7 Å². The van der Waals surface area contributed by atoms with Gasteiger partial charge in [0.2, 0.25) is 15.8 Å². The summed E-state index contributed by atoms with van der Waals surface area (Å²) in [5.41, 5.74) is -1.46. The van der Waals surface area contributed by atoms with Crippen LogP contribution in [0.15, 0.2) is 0 Å². The van der Waals surface area contributed by atoms with Crippen molar-refractivity contribution in [2.24, 2.45) is 0 Å². The highest BCUT2D eigenvalue weighted by molar-refractivity contribution is 7.88. The Hall–Kier alpha value is -1.73. The maximum absolute atomic E-state index is 13.4. The van der Waals surface area contributed by atoms with E-state index in [9.17, 15) is 30.4 Å². The molecule has 0 N–H and O–H groups in total. The van der Waals surface area contributed by atoms with Crippen LogP contribution in [0.4, 0.5) is 22.0 Å². The zero-order chi connectivity index (χ0) is 16.4. The number of halogens is 5. The van der Waals surface area contributed by atoms with E-state index in [1.807, 2.05) is 0 Å². The molecule has 0 aromatic heterocycles. The highest BCUT2D eigenvalue weighted by Gasteiger charge is 2.30. The van der Waals surface area contributed by atoms with Crippen molar-refractivity contribution in [3.63, 3.8) is 0 Å². The van der Waals surface area contributed by atoms with Crippen molar-refractivity contribution >= 4 is 10.0 Å². The summed E-state index contributed by atoms with van der Waals surface area (Å²) >= 11 is 0. The van der Waals surface area contributed by atoms with Gasteiger partial charge in [-0.15, -0.1) is 0 Å². The number of hydrogen-bond donors (Lipinski definition) is 0. The minimum atomic E-state index is -4.40. The minimum Gasteiger partial charge on any atom is -0.212 e. The Morgan fingerprint density at radius 1 is 1.00 bits per heavy atom. The molecule has 1 aromatic carbocycles. The van der Waals surface area contributed by atoms with Crippen molar-refractivity contribution in [3.05, 3.63) is 34.6 Å². The molecule has 0 unspecified atom stereocenters. The first kappa shape index (κ1) is 17.3. The molecule has 0 saturated heterocycles. The molecule has 0 saturated carbocycles. The Morgan fingerprint density at radius 3 is 1.81 bits per heavy atom. The second kappa shape index (κ2) is 6.36. The first-order valence-electron chi connectivity index (χ1n) is 5.52. The molecule has 4 nitrogen and oxygen atoms in total. The van der Waals surface area contributed by atoms with Crippen LogP contribution >= 0.6 is 0 Å². The van der Waals surface area contributed by atoms with Gasteiger partial charge in [0, 0.05) is 12.1 Å². The predicted molar refractivity (Wildman–Crippen MR) is 61.7 cm³/mol. The van der Waals surface area contributed by atoms with E-state index in [4.69, 9.17) is 5.26 Å². The number of benzene rings is 1. The van der Waals surface area contributed by atoms with E-state index < -0.39 is 57.0 Å². The fraction of sp³-hybridized carbons (Fsp3) is 0.364. The number of rotatable bonds is 5. The first-order valence-corrected chi connectivity index (χ1v) is 7.13. The van der Waals surface area contributed by atoms with Gasteiger partial charge in [-0.2, -0.15) is 9.57 Å². The van der Waals surface area contributed by atoms with Gasteiger partial charge in [-0.05, 0) is 0 Å². The normalized spacial score (nSPS) is 11.7. The smallest absolute Gasteiger partial charge is 0.212 e. The fourth-order valence-corrected chi connectivity index (χ4v) is 2.99. The van der Waals surface area contributed by atoms with Crippen LogP contribution < -0.4 is 0 Å². The van der Waals surface area contributed by atoms with E-state index in [1.165, 1.54) is 13.0 Å². The molecule has 1 aromatic rings. The van der Waals surface area contributed by atoms with Gasteiger partial charge in [0.25, 0.3) is 0 Å². The number of nitrogens with zero attached hydrogens (tertiary/aromatic N) is 2. The summed E-state index contributed by atoms with van der Waals surface area (Å²) in [4.78, 5) is 0. The number of hydrogen-bond acceptors (Lipinski definition) is 3. The Morgan fingerprint density at radius 2 is 1.43 bits per heavy atom. The van der Waals surface area contributed by atoms with Crippen LogP contribution in [0.5, 0.6) is 0 Å². The molecule has 21 heavy (non-hydrogen) atoms. The van der Waals surface area contributed by atoms with Crippen molar-refractivity contribution in [3.8, 4) is 6.07 Å². The van der Waals surface area contributed by atoms with E-state index in [0.717, 1.165) is 0 Å². The van der Waals surface area contributed by atoms with E-state index in [0.29, 0.717) is 4.31 Å². The van der Waals surface area contributed by atoms with Crippen LogP contribution in [0.1, 0.15) is 12.5 Å². The monoisotopic (exact) mass is 328 g/mol. The lowest BCUT2D eigenvalue weighted by atomic mass is 10.2. The Bertz CT molecular complexity index is 671. The maximum Gasteiger partial charge on any atom is 0.219 e. The molecule has 0 aliphatic rings. The van der Waals surface area contributed by atoms with E-state index in [1.54, 1.807) is 0 Å². The van der Waals surface area contributed by atoms with Crippen LogP contribution in [0.3, 0.4) is 0 Å². The molecule has 0 fully saturated rings. The van der Waals surface area contributed by atoms with Gasteiger partial charge in [0.1, 0.15) is 6.54 Å². The molecule has 0 radical (unpaired) electrons. The average Bonchev–Trinajstić information content (AvgIpc) is 2.44. The van der Waals surface area contributed by atoms with E-state index in [2.05, 4.69) is 0 Å². The third-order valence-corrected chi connectivity index (χ3v) is 4.45. The Labute approximate surface area is 117 Å². The summed E-state index contributed by atoms with van der Waals surface area (Å²) in [5.74, 6) is -12.7. The quantitative estimate of drug-likeness (QED) is 0.360. The zero-order valence-electron chi connectivity index (χ0n) is 10.6. The van der Waals surface area contributed by atoms with Gasteiger partial charge in [-0.25, -0.2) is 30.4 Å². The van der Waals surface area contributed by atoms with Crippen LogP contribution in [0.2, 0.25) is 0 Å². The molecule has 1 rings (SSSR count). The number of sulfonamides is 1. The predicted octanol–water partition coefficient (Wildman–Crippen LogP) is 2.06.